The van der Waals surface area contributed by atoms with E-state index >= 15 is 0 Å². The number of nitrogens with one attached hydrogen (secondary N) is 2. The van der Waals surface area contributed by atoms with Gasteiger partial charge < -0.3 is 15.2 Å². The van der Waals surface area contributed by atoms with Crippen LogP contribution in [-0.4, -0.2) is 29.7 Å². The molecule has 0 aliphatic heterocycles. The van der Waals surface area contributed by atoms with E-state index in [1.807, 2.05) is 18.2 Å². The topological polar surface area (TPSA) is 75.3 Å². The molecule has 0 atom stereocenters. The van der Waals surface area contributed by atoms with E-state index in [1.165, 1.54) is 4.88 Å². The summed E-state index contributed by atoms with van der Waals surface area (Å²) in [5.74, 6) is 1.88. The molecular weight excluding hydrogens is 485 g/mol. The van der Waals surface area contributed by atoms with Crippen LogP contribution in [0.1, 0.15) is 10.8 Å². The maximum absolute atomic E-state index is 5.89. The third-order valence-electron chi connectivity index (χ3n) is 3.44. The number of benzene rings is 1. The third kappa shape index (κ3) is 5.96. The predicted octanol–water partition coefficient (Wildman–Crippen LogP) is 3.98. The highest BCUT2D eigenvalue weighted by Gasteiger charge is 2.08. The Hall–Kier alpha value is -1.65. The summed E-state index contributed by atoms with van der Waals surface area (Å²) in [5.41, 5.74) is 0.876. The molecule has 3 rings (SSSR count). The highest BCUT2D eigenvalue weighted by atomic mass is 127. The van der Waals surface area contributed by atoms with E-state index in [-0.39, 0.29) is 24.0 Å². The van der Waals surface area contributed by atoms with Crippen molar-refractivity contribution in [3.63, 3.8) is 0 Å². The van der Waals surface area contributed by atoms with Crippen molar-refractivity contribution < 1.29 is 4.52 Å². The lowest BCUT2D eigenvalue weighted by Gasteiger charge is -2.09. The molecule has 2 aromatic heterocycles. The van der Waals surface area contributed by atoms with E-state index in [4.69, 9.17) is 16.1 Å². The maximum Gasteiger partial charge on any atom is 0.228 e. The average Bonchev–Trinajstić information content (AvgIpc) is 3.30. The fraction of sp³-hybridized carbons (Fsp3) is 0.235. The van der Waals surface area contributed by atoms with E-state index in [2.05, 4.69) is 37.2 Å². The number of rotatable bonds is 6. The van der Waals surface area contributed by atoms with Gasteiger partial charge >= 0.3 is 0 Å². The Bertz CT molecular complexity index is 820. The first-order chi connectivity index (χ1) is 12.2. The summed E-state index contributed by atoms with van der Waals surface area (Å²) in [6.45, 7) is 1.39. The molecule has 9 heteroatoms. The van der Waals surface area contributed by atoms with Crippen molar-refractivity contribution in [1.82, 2.24) is 20.8 Å². The lowest BCUT2D eigenvalue weighted by molar-refractivity contribution is 0.378. The standard InChI is InChI=1S/C17H18ClN5OS.HI/c1-19-17(21-11-14-3-2-10-25-14)20-9-8-15-22-16(23-24-15)12-4-6-13(18)7-5-12;/h2-7,10H,8-9,11H2,1H3,(H2,19,20,21);1H. The van der Waals surface area contributed by atoms with Crippen LogP contribution in [-0.2, 0) is 13.0 Å². The van der Waals surface area contributed by atoms with Crippen LogP contribution in [0.25, 0.3) is 11.4 Å². The quantitative estimate of drug-likeness (QED) is 0.302. The number of nitrogens with zero attached hydrogens (tertiary/aromatic N) is 3. The van der Waals surface area contributed by atoms with Crippen molar-refractivity contribution in [2.75, 3.05) is 13.6 Å². The third-order valence-corrected chi connectivity index (χ3v) is 4.56. The van der Waals surface area contributed by atoms with Crippen LogP contribution >= 0.6 is 46.9 Å². The Labute approximate surface area is 178 Å². The molecule has 2 N–H and O–H groups in total. The molecule has 0 saturated heterocycles. The van der Waals surface area contributed by atoms with Crippen molar-refractivity contribution in [2.24, 2.45) is 4.99 Å². The summed E-state index contributed by atoms with van der Waals surface area (Å²) >= 11 is 7.60. The summed E-state index contributed by atoms with van der Waals surface area (Å²) in [5, 5.41) is 13.2. The highest BCUT2D eigenvalue weighted by molar-refractivity contribution is 14.0. The number of halogens is 2. The second kappa shape index (κ2) is 10.5. The van der Waals surface area contributed by atoms with Gasteiger partial charge in [-0.3, -0.25) is 4.99 Å². The van der Waals surface area contributed by atoms with Crippen molar-refractivity contribution in [1.29, 1.82) is 0 Å². The minimum absolute atomic E-state index is 0. The van der Waals surface area contributed by atoms with E-state index in [0.717, 1.165) is 18.1 Å². The molecule has 6 nitrogen and oxygen atoms in total. The van der Waals surface area contributed by atoms with Crippen LogP contribution in [0.4, 0.5) is 0 Å². The Kier molecular flexibility index (Phi) is 8.33. The van der Waals surface area contributed by atoms with Gasteiger partial charge in [0.1, 0.15) is 0 Å². The number of thiophene rings is 1. The molecule has 138 valence electrons. The molecule has 0 aliphatic carbocycles. The molecule has 0 saturated carbocycles. The van der Waals surface area contributed by atoms with E-state index < -0.39 is 0 Å². The molecule has 3 aromatic rings. The first kappa shape index (κ1) is 20.7. The van der Waals surface area contributed by atoms with Gasteiger partial charge in [-0.05, 0) is 35.7 Å². The van der Waals surface area contributed by atoms with Gasteiger partial charge in [-0.2, -0.15) is 4.98 Å². The van der Waals surface area contributed by atoms with Crippen LogP contribution in [0, 0.1) is 0 Å². The Balaban J connectivity index is 0.00000243. The fourth-order valence-corrected chi connectivity index (χ4v) is 2.94. The molecule has 0 radical (unpaired) electrons. The van der Waals surface area contributed by atoms with Crippen LogP contribution in [0.3, 0.4) is 0 Å². The summed E-state index contributed by atoms with van der Waals surface area (Å²) in [6.07, 6.45) is 0.611. The first-order valence-corrected chi connectivity index (χ1v) is 9.06. The van der Waals surface area contributed by atoms with Crippen LogP contribution in [0.5, 0.6) is 0 Å². The zero-order valence-electron chi connectivity index (χ0n) is 14.1. The smallest absolute Gasteiger partial charge is 0.228 e. The minimum atomic E-state index is 0. The summed E-state index contributed by atoms with van der Waals surface area (Å²) in [6, 6.07) is 11.5. The number of hydrogen-bond donors (Lipinski definition) is 2. The van der Waals surface area contributed by atoms with Crippen LogP contribution < -0.4 is 10.6 Å². The lowest BCUT2D eigenvalue weighted by atomic mass is 10.2. The Morgan fingerprint density at radius 1 is 1.23 bits per heavy atom. The first-order valence-electron chi connectivity index (χ1n) is 7.80. The zero-order chi connectivity index (χ0) is 17.5. The Morgan fingerprint density at radius 2 is 2.04 bits per heavy atom. The fourth-order valence-electron chi connectivity index (χ4n) is 2.17. The maximum atomic E-state index is 5.89. The van der Waals surface area contributed by atoms with Gasteiger partial charge in [-0.15, -0.1) is 35.3 Å². The van der Waals surface area contributed by atoms with Crippen molar-refractivity contribution >= 4 is 52.9 Å². The molecule has 0 bridgehead atoms. The molecule has 1 aromatic carbocycles. The molecule has 0 unspecified atom stereocenters. The second-order valence-electron chi connectivity index (χ2n) is 5.20. The van der Waals surface area contributed by atoms with E-state index in [0.29, 0.717) is 29.7 Å². The SMILES string of the molecule is CN=C(NCCc1nc(-c2ccc(Cl)cc2)no1)NCc1cccs1.I. The largest absolute Gasteiger partial charge is 0.356 e. The molecule has 2 heterocycles. The molecule has 0 fully saturated rings. The lowest BCUT2D eigenvalue weighted by Crippen LogP contribution is -2.37. The number of aliphatic imine (C=N–C) groups is 1. The van der Waals surface area contributed by atoms with Crippen molar-refractivity contribution in [2.45, 2.75) is 13.0 Å². The zero-order valence-corrected chi connectivity index (χ0v) is 18.0. The van der Waals surface area contributed by atoms with Gasteiger partial charge in [0.05, 0.1) is 6.54 Å². The minimum Gasteiger partial charge on any atom is -0.356 e. The number of aromatic nitrogens is 2. The van der Waals surface area contributed by atoms with Gasteiger partial charge in [0.25, 0.3) is 0 Å². The van der Waals surface area contributed by atoms with Gasteiger partial charge in [-0.25, -0.2) is 0 Å². The monoisotopic (exact) mass is 503 g/mol. The normalized spacial score (nSPS) is 11.1. The summed E-state index contributed by atoms with van der Waals surface area (Å²) < 4.78 is 5.29. The molecule has 0 amide bonds. The number of guanidine groups is 1. The highest BCUT2D eigenvalue weighted by Crippen LogP contribution is 2.18. The molecule has 0 aliphatic rings. The van der Waals surface area contributed by atoms with Crippen molar-refractivity contribution in [3.8, 4) is 11.4 Å². The second-order valence-corrected chi connectivity index (χ2v) is 6.67. The van der Waals surface area contributed by atoms with E-state index in [9.17, 15) is 0 Å². The molecule has 26 heavy (non-hydrogen) atoms. The Morgan fingerprint density at radius 3 is 2.73 bits per heavy atom. The molecule has 0 spiro atoms. The summed E-state index contributed by atoms with van der Waals surface area (Å²) in [7, 11) is 1.75. The van der Waals surface area contributed by atoms with Gasteiger partial charge in [0.2, 0.25) is 11.7 Å². The van der Waals surface area contributed by atoms with Crippen LogP contribution in [0.2, 0.25) is 5.02 Å². The average molecular weight is 504 g/mol. The predicted molar refractivity (Wildman–Crippen MR) is 116 cm³/mol. The van der Waals surface area contributed by atoms with Gasteiger partial charge in [0, 0.05) is 35.5 Å². The number of hydrogen-bond acceptors (Lipinski definition) is 5. The van der Waals surface area contributed by atoms with Crippen LogP contribution in [0.15, 0.2) is 51.3 Å². The molecular formula is C17H19ClIN5OS. The van der Waals surface area contributed by atoms with Gasteiger partial charge in [0.15, 0.2) is 5.96 Å². The van der Waals surface area contributed by atoms with E-state index in [1.54, 1.807) is 30.5 Å². The summed E-state index contributed by atoms with van der Waals surface area (Å²) in [4.78, 5) is 9.86. The van der Waals surface area contributed by atoms with Gasteiger partial charge in [-0.1, -0.05) is 22.8 Å². The van der Waals surface area contributed by atoms with Crippen molar-refractivity contribution in [3.05, 3.63) is 57.6 Å².